The van der Waals surface area contributed by atoms with Crippen molar-refractivity contribution < 1.29 is 9.53 Å². The number of fused-ring (bicyclic) bond motifs is 1. The van der Waals surface area contributed by atoms with Crippen LogP contribution in [0.2, 0.25) is 10.0 Å². The summed E-state index contributed by atoms with van der Waals surface area (Å²) in [4.78, 5) is 25.3. The fraction of sp³-hybridized carbons (Fsp3) is 0.389. The predicted molar refractivity (Wildman–Crippen MR) is 100 cm³/mol. The average Bonchev–Trinajstić information content (AvgIpc) is 2.67. The molecule has 1 saturated heterocycles. The van der Waals surface area contributed by atoms with E-state index in [1.807, 2.05) is 17.0 Å². The first-order valence-electron chi connectivity index (χ1n) is 8.55. The summed E-state index contributed by atoms with van der Waals surface area (Å²) < 4.78 is 5.67. The predicted octanol–water partition coefficient (Wildman–Crippen LogP) is 3.00. The molecule has 2 aliphatic heterocycles. The van der Waals surface area contributed by atoms with Crippen LogP contribution in [0.25, 0.3) is 0 Å². The molecule has 0 saturated carbocycles. The van der Waals surface area contributed by atoms with Crippen molar-refractivity contribution in [3.8, 4) is 5.75 Å². The highest BCUT2D eigenvalue weighted by atomic mass is 35.5. The molecule has 2 aliphatic rings. The van der Waals surface area contributed by atoms with Gasteiger partial charge in [0.25, 0.3) is 0 Å². The van der Waals surface area contributed by atoms with Crippen LogP contribution < -0.4 is 9.64 Å². The molecule has 26 heavy (non-hydrogen) atoms. The topological polar surface area (TPSA) is 58.6 Å². The standard InChI is InChI=1S/C18H18Cl2N4O2/c19-12-1-2-16-14(9-12)13(3-8-26-16)18(25)24-6-4-23(5-7-24)17-15(20)10-21-11-22-17/h1-2,9-11,13H,3-8H2. The Bertz CT molecular complexity index is 825. The lowest BCUT2D eigenvalue weighted by Gasteiger charge is -2.38. The molecule has 6 nitrogen and oxygen atoms in total. The number of aromatic nitrogens is 2. The molecule has 0 spiro atoms. The van der Waals surface area contributed by atoms with E-state index in [1.165, 1.54) is 6.33 Å². The van der Waals surface area contributed by atoms with E-state index in [1.54, 1.807) is 12.3 Å². The maximum atomic E-state index is 13.1. The van der Waals surface area contributed by atoms with E-state index in [9.17, 15) is 4.79 Å². The van der Waals surface area contributed by atoms with Crippen molar-refractivity contribution in [2.24, 2.45) is 0 Å². The van der Waals surface area contributed by atoms with Crippen LogP contribution in [0.3, 0.4) is 0 Å². The molecule has 1 amide bonds. The first-order valence-corrected chi connectivity index (χ1v) is 9.30. The zero-order valence-corrected chi connectivity index (χ0v) is 15.6. The van der Waals surface area contributed by atoms with Gasteiger partial charge in [-0.1, -0.05) is 23.2 Å². The summed E-state index contributed by atoms with van der Waals surface area (Å²) in [6.07, 6.45) is 3.75. The monoisotopic (exact) mass is 392 g/mol. The normalized spacial score (nSPS) is 19.7. The minimum atomic E-state index is -0.202. The molecular formula is C18H18Cl2N4O2. The molecule has 136 valence electrons. The van der Waals surface area contributed by atoms with Crippen molar-refractivity contribution in [1.82, 2.24) is 14.9 Å². The number of ether oxygens (including phenoxy) is 1. The summed E-state index contributed by atoms with van der Waals surface area (Å²) in [6, 6.07) is 5.47. The Morgan fingerprint density at radius 3 is 2.77 bits per heavy atom. The minimum Gasteiger partial charge on any atom is -0.493 e. The van der Waals surface area contributed by atoms with Gasteiger partial charge in [0.2, 0.25) is 5.91 Å². The van der Waals surface area contributed by atoms with E-state index in [0.29, 0.717) is 49.3 Å². The number of piperazine rings is 1. The number of hydrogen-bond donors (Lipinski definition) is 0. The second-order valence-corrected chi connectivity index (χ2v) is 7.22. The Morgan fingerprint density at radius 1 is 1.19 bits per heavy atom. The van der Waals surface area contributed by atoms with Gasteiger partial charge in [-0.2, -0.15) is 0 Å². The molecule has 0 radical (unpaired) electrons. The summed E-state index contributed by atoms with van der Waals surface area (Å²) in [5.74, 6) is 1.40. The largest absolute Gasteiger partial charge is 0.493 e. The number of hydrogen-bond acceptors (Lipinski definition) is 5. The summed E-state index contributed by atoms with van der Waals surface area (Å²) in [5, 5.41) is 1.15. The molecule has 3 heterocycles. The second kappa shape index (κ2) is 7.29. The summed E-state index contributed by atoms with van der Waals surface area (Å²) in [6.45, 7) is 3.18. The first kappa shape index (κ1) is 17.4. The molecule has 4 rings (SSSR count). The van der Waals surface area contributed by atoms with Crippen molar-refractivity contribution in [3.05, 3.63) is 46.3 Å². The fourth-order valence-corrected chi connectivity index (χ4v) is 3.92. The van der Waals surface area contributed by atoms with Crippen LogP contribution in [-0.2, 0) is 4.79 Å². The number of carbonyl (C=O) groups excluding carboxylic acids is 1. The SMILES string of the molecule is O=C(C1CCOc2ccc(Cl)cc21)N1CCN(c2ncncc2Cl)CC1. The van der Waals surface area contributed by atoms with Crippen molar-refractivity contribution in [3.63, 3.8) is 0 Å². The molecule has 1 fully saturated rings. The highest BCUT2D eigenvalue weighted by molar-refractivity contribution is 6.32. The number of nitrogens with zero attached hydrogens (tertiary/aromatic N) is 4. The molecule has 0 N–H and O–H groups in total. The van der Waals surface area contributed by atoms with Gasteiger partial charge in [-0.05, 0) is 24.6 Å². The smallest absolute Gasteiger partial charge is 0.230 e. The molecule has 0 bridgehead atoms. The van der Waals surface area contributed by atoms with Crippen LogP contribution in [0.5, 0.6) is 5.75 Å². The van der Waals surface area contributed by atoms with Gasteiger partial charge in [0.1, 0.15) is 17.1 Å². The van der Waals surface area contributed by atoms with Crippen LogP contribution in [-0.4, -0.2) is 53.6 Å². The lowest BCUT2D eigenvalue weighted by atomic mass is 9.91. The number of amides is 1. The summed E-state index contributed by atoms with van der Waals surface area (Å²) in [5.41, 5.74) is 0.884. The van der Waals surface area contributed by atoms with E-state index < -0.39 is 0 Å². The van der Waals surface area contributed by atoms with Crippen molar-refractivity contribution in [2.75, 3.05) is 37.7 Å². The molecule has 1 unspecified atom stereocenters. The Hall–Kier alpha value is -2.05. The van der Waals surface area contributed by atoms with E-state index >= 15 is 0 Å². The molecule has 2 aromatic rings. The van der Waals surface area contributed by atoms with Crippen LogP contribution in [0, 0.1) is 0 Å². The average molecular weight is 393 g/mol. The van der Waals surface area contributed by atoms with Crippen LogP contribution in [0.4, 0.5) is 5.82 Å². The number of halogens is 2. The number of carbonyl (C=O) groups is 1. The van der Waals surface area contributed by atoms with Gasteiger partial charge in [-0.15, -0.1) is 0 Å². The van der Waals surface area contributed by atoms with Crippen molar-refractivity contribution >= 4 is 34.9 Å². The van der Waals surface area contributed by atoms with Crippen molar-refractivity contribution in [2.45, 2.75) is 12.3 Å². The van der Waals surface area contributed by atoms with E-state index in [2.05, 4.69) is 14.9 Å². The minimum absolute atomic E-state index is 0.130. The Kier molecular flexibility index (Phi) is 4.87. The number of benzene rings is 1. The molecule has 1 aromatic heterocycles. The van der Waals surface area contributed by atoms with Crippen LogP contribution in [0.15, 0.2) is 30.7 Å². The molecule has 8 heteroatoms. The highest BCUT2D eigenvalue weighted by Crippen LogP contribution is 2.37. The maximum Gasteiger partial charge on any atom is 0.230 e. The Morgan fingerprint density at radius 2 is 2.00 bits per heavy atom. The van der Waals surface area contributed by atoms with Gasteiger partial charge in [0.05, 0.1) is 18.7 Å². The quantitative estimate of drug-likeness (QED) is 0.785. The van der Waals surface area contributed by atoms with Gasteiger partial charge < -0.3 is 14.5 Å². The summed E-state index contributed by atoms with van der Waals surface area (Å²) in [7, 11) is 0. The molecular weight excluding hydrogens is 375 g/mol. The van der Waals surface area contributed by atoms with E-state index in [-0.39, 0.29) is 11.8 Å². The highest BCUT2D eigenvalue weighted by Gasteiger charge is 2.33. The first-order chi connectivity index (χ1) is 12.6. The van der Waals surface area contributed by atoms with Crippen molar-refractivity contribution in [1.29, 1.82) is 0 Å². The molecule has 1 atom stereocenters. The Labute approximate surface area is 161 Å². The third-order valence-corrected chi connectivity index (χ3v) is 5.35. The van der Waals surface area contributed by atoms with Crippen LogP contribution >= 0.6 is 23.2 Å². The third-order valence-electron chi connectivity index (χ3n) is 4.85. The maximum absolute atomic E-state index is 13.1. The number of anilines is 1. The van der Waals surface area contributed by atoms with E-state index in [0.717, 1.165) is 17.1 Å². The molecule has 1 aromatic carbocycles. The summed E-state index contributed by atoms with van der Waals surface area (Å²) >= 11 is 12.3. The molecule has 0 aliphatic carbocycles. The fourth-order valence-electron chi connectivity index (χ4n) is 3.52. The lowest BCUT2D eigenvalue weighted by molar-refractivity contribution is -0.133. The second-order valence-electron chi connectivity index (χ2n) is 6.38. The van der Waals surface area contributed by atoms with Gasteiger partial charge in [0.15, 0.2) is 5.82 Å². The zero-order valence-electron chi connectivity index (χ0n) is 14.1. The van der Waals surface area contributed by atoms with Gasteiger partial charge in [-0.25, -0.2) is 9.97 Å². The van der Waals surface area contributed by atoms with E-state index in [4.69, 9.17) is 27.9 Å². The van der Waals surface area contributed by atoms with Gasteiger partial charge >= 0.3 is 0 Å². The number of rotatable bonds is 2. The van der Waals surface area contributed by atoms with Gasteiger partial charge in [-0.3, -0.25) is 4.79 Å². The zero-order chi connectivity index (χ0) is 18.1. The lowest BCUT2D eigenvalue weighted by Crippen LogP contribution is -2.50. The third kappa shape index (κ3) is 3.31. The van der Waals surface area contributed by atoms with Crippen LogP contribution in [0.1, 0.15) is 17.9 Å². The Balaban J connectivity index is 1.47. The van der Waals surface area contributed by atoms with Gasteiger partial charge in [0, 0.05) is 36.8 Å².